The van der Waals surface area contributed by atoms with E-state index in [1.807, 2.05) is 30.3 Å². The molecule has 31 heavy (non-hydrogen) atoms. The lowest BCUT2D eigenvalue weighted by Gasteiger charge is -2.31. The molecule has 0 atom stereocenters. The molecule has 0 bridgehead atoms. The average Bonchev–Trinajstić information content (AvgIpc) is 3.08. The molecule has 0 unspecified atom stereocenters. The smallest absolute Gasteiger partial charge is 0.296 e. The molecule has 8 heteroatoms. The van der Waals surface area contributed by atoms with E-state index in [0.717, 1.165) is 5.69 Å². The Morgan fingerprint density at radius 3 is 2.45 bits per heavy atom. The summed E-state index contributed by atoms with van der Waals surface area (Å²) < 4.78 is 7.08. The fourth-order valence-corrected chi connectivity index (χ4v) is 4.10. The van der Waals surface area contributed by atoms with Crippen molar-refractivity contribution in [3.63, 3.8) is 0 Å². The third-order valence-electron chi connectivity index (χ3n) is 5.29. The molecule has 160 valence electrons. The van der Waals surface area contributed by atoms with Crippen LogP contribution in [0.3, 0.4) is 0 Å². The Bertz CT molecular complexity index is 1120. The van der Waals surface area contributed by atoms with Crippen molar-refractivity contribution in [2.75, 3.05) is 36.5 Å². The molecule has 0 spiro atoms. The second-order valence-electron chi connectivity index (χ2n) is 7.31. The number of carbonyl (C=O) groups excluding carboxylic acids is 2. The van der Waals surface area contributed by atoms with Crippen molar-refractivity contribution in [1.29, 1.82) is 0 Å². The Kier molecular flexibility index (Phi) is 6.06. The molecule has 7 nitrogen and oxygen atoms in total. The maximum absolute atomic E-state index is 13.1. The largest absolute Gasteiger partial charge is 0.378 e. The number of aromatic nitrogens is 2. The van der Waals surface area contributed by atoms with Gasteiger partial charge in [0.1, 0.15) is 0 Å². The lowest BCUT2D eigenvalue weighted by molar-refractivity contribution is -0.112. The highest BCUT2D eigenvalue weighted by molar-refractivity contribution is 6.47. The van der Waals surface area contributed by atoms with Crippen LogP contribution in [-0.4, -0.2) is 47.8 Å². The zero-order valence-corrected chi connectivity index (χ0v) is 18.1. The first-order valence-corrected chi connectivity index (χ1v) is 10.4. The van der Waals surface area contributed by atoms with Gasteiger partial charge in [-0.1, -0.05) is 35.9 Å². The number of ketones is 1. The minimum atomic E-state index is -0.726. The summed E-state index contributed by atoms with van der Waals surface area (Å²) in [6.07, 6.45) is 0. The van der Waals surface area contributed by atoms with Crippen LogP contribution < -0.4 is 10.2 Å². The van der Waals surface area contributed by atoms with Crippen LogP contribution in [0.1, 0.15) is 21.7 Å². The number of nitrogens with one attached hydrogen (secondary N) is 1. The van der Waals surface area contributed by atoms with Gasteiger partial charge < -0.3 is 15.0 Å². The van der Waals surface area contributed by atoms with Crippen molar-refractivity contribution in [1.82, 2.24) is 9.78 Å². The molecular formula is C23H23ClN4O3. The third kappa shape index (κ3) is 4.19. The highest BCUT2D eigenvalue weighted by Gasteiger charge is 2.27. The molecule has 0 aliphatic carbocycles. The molecule has 0 saturated carbocycles. The molecular weight excluding hydrogens is 416 g/mol. The van der Waals surface area contributed by atoms with Gasteiger partial charge in [-0.2, -0.15) is 5.10 Å². The van der Waals surface area contributed by atoms with E-state index in [1.165, 1.54) is 0 Å². The van der Waals surface area contributed by atoms with Crippen LogP contribution in [0.4, 0.5) is 11.4 Å². The Morgan fingerprint density at radius 2 is 1.74 bits per heavy atom. The van der Waals surface area contributed by atoms with Crippen LogP contribution in [-0.2, 0) is 9.53 Å². The molecule has 0 radical (unpaired) electrons. The molecule has 1 amide bonds. The zero-order chi connectivity index (χ0) is 22.0. The number of para-hydroxylation sites is 2. The Balaban J connectivity index is 1.62. The number of aryl methyl sites for hydroxylation is 1. The lowest BCUT2D eigenvalue weighted by atomic mass is 10.1. The molecule has 2 heterocycles. The van der Waals surface area contributed by atoms with E-state index >= 15 is 0 Å². The SMILES string of the molecule is Cc1nn(-c2ccccc2)c(C)c1C(=O)C(=O)Nc1cccc(Cl)c1N1CCOCC1. The van der Waals surface area contributed by atoms with Crippen LogP contribution in [0.5, 0.6) is 0 Å². The van der Waals surface area contributed by atoms with E-state index in [4.69, 9.17) is 16.3 Å². The Morgan fingerprint density at radius 1 is 1.03 bits per heavy atom. The van der Waals surface area contributed by atoms with Gasteiger partial charge in [-0.15, -0.1) is 0 Å². The van der Waals surface area contributed by atoms with Crippen LogP contribution >= 0.6 is 11.6 Å². The molecule has 1 fully saturated rings. The molecule has 3 aromatic rings. The minimum absolute atomic E-state index is 0.302. The van der Waals surface area contributed by atoms with Crippen molar-refractivity contribution in [2.24, 2.45) is 0 Å². The number of hydrogen-bond donors (Lipinski definition) is 1. The number of hydrogen-bond acceptors (Lipinski definition) is 5. The van der Waals surface area contributed by atoms with Crippen LogP contribution in [0.25, 0.3) is 5.69 Å². The van der Waals surface area contributed by atoms with Crippen LogP contribution in [0.15, 0.2) is 48.5 Å². The monoisotopic (exact) mass is 438 g/mol. The predicted molar refractivity (Wildman–Crippen MR) is 120 cm³/mol. The first-order valence-electron chi connectivity index (χ1n) is 10.1. The number of ether oxygens (including phenoxy) is 1. The first kappa shape index (κ1) is 21.1. The summed E-state index contributed by atoms with van der Waals surface area (Å²) in [6, 6.07) is 14.8. The highest BCUT2D eigenvalue weighted by Crippen LogP contribution is 2.34. The molecule has 4 rings (SSSR count). The van der Waals surface area contributed by atoms with Gasteiger partial charge in [0.2, 0.25) is 0 Å². The van der Waals surface area contributed by atoms with Gasteiger partial charge in [0.05, 0.1) is 52.2 Å². The third-order valence-corrected chi connectivity index (χ3v) is 5.59. The van der Waals surface area contributed by atoms with Crippen molar-refractivity contribution in [2.45, 2.75) is 13.8 Å². The molecule has 1 aliphatic rings. The number of anilines is 2. The van der Waals surface area contributed by atoms with Crippen LogP contribution in [0, 0.1) is 13.8 Å². The number of nitrogens with zero attached hydrogens (tertiary/aromatic N) is 3. The Hall–Kier alpha value is -3.16. The van der Waals surface area contributed by atoms with E-state index in [1.54, 1.807) is 36.7 Å². The number of carbonyl (C=O) groups is 2. The highest BCUT2D eigenvalue weighted by atomic mass is 35.5. The van der Waals surface area contributed by atoms with E-state index in [0.29, 0.717) is 59.7 Å². The second kappa shape index (κ2) is 8.91. The van der Waals surface area contributed by atoms with Gasteiger partial charge in [-0.25, -0.2) is 4.68 Å². The summed E-state index contributed by atoms with van der Waals surface area (Å²) in [4.78, 5) is 28.1. The van der Waals surface area contributed by atoms with E-state index in [2.05, 4.69) is 15.3 Å². The maximum atomic E-state index is 13.1. The van der Waals surface area contributed by atoms with Gasteiger partial charge in [-0.3, -0.25) is 9.59 Å². The summed E-state index contributed by atoms with van der Waals surface area (Å²) in [5.41, 5.74) is 3.44. The fraction of sp³-hybridized carbons (Fsp3) is 0.261. The topological polar surface area (TPSA) is 76.5 Å². The van der Waals surface area contributed by atoms with Crippen molar-refractivity contribution in [3.05, 3.63) is 70.5 Å². The predicted octanol–water partition coefficient (Wildman–Crippen LogP) is 3.80. The number of rotatable bonds is 5. The summed E-state index contributed by atoms with van der Waals surface area (Å²) in [5.74, 6) is -1.36. The number of amides is 1. The van der Waals surface area contributed by atoms with Gasteiger partial charge in [0, 0.05) is 13.1 Å². The summed E-state index contributed by atoms with van der Waals surface area (Å²) >= 11 is 6.43. The van der Waals surface area contributed by atoms with Gasteiger partial charge in [-0.05, 0) is 38.1 Å². The number of morpholine rings is 1. The second-order valence-corrected chi connectivity index (χ2v) is 7.72. The molecule has 1 aromatic heterocycles. The quantitative estimate of drug-likeness (QED) is 0.484. The fourth-order valence-electron chi connectivity index (χ4n) is 3.81. The number of benzene rings is 2. The molecule has 1 saturated heterocycles. The van der Waals surface area contributed by atoms with Crippen molar-refractivity contribution >= 4 is 34.7 Å². The van der Waals surface area contributed by atoms with Gasteiger partial charge in [0.25, 0.3) is 11.7 Å². The normalized spacial score (nSPS) is 13.8. The van der Waals surface area contributed by atoms with E-state index < -0.39 is 11.7 Å². The van der Waals surface area contributed by atoms with Crippen LogP contribution in [0.2, 0.25) is 5.02 Å². The van der Waals surface area contributed by atoms with Crippen molar-refractivity contribution in [3.8, 4) is 5.69 Å². The maximum Gasteiger partial charge on any atom is 0.296 e. The number of halogens is 1. The van der Waals surface area contributed by atoms with E-state index in [9.17, 15) is 9.59 Å². The minimum Gasteiger partial charge on any atom is -0.378 e. The molecule has 2 aromatic carbocycles. The summed E-state index contributed by atoms with van der Waals surface area (Å²) in [7, 11) is 0. The lowest BCUT2D eigenvalue weighted by Crippen LogP contribution is -2.37. The molecule has 1 aliphatic heterocycles. The average molecular weight is 439 g/mol. The first-order chi connectivity index (χ1) is 15.0. The number of Topliss-reactive ketones (excluding diaryl/α,β-unsaturated/α-hetero) is 1. The van der Waals surface area contributed by atoms with E-state index in [-0.39, 0.29) is 0 Å². The van der Waals surface area contributed by atoms with Gasteiger partial charge in [0.15, 0.2) is 0 Å². The van der Waals surface area contributed by atoms with Crippen molar-refractivity contribution < 1.29 is 14.3 Å². The Labute approximate surface area is 185 Å². The summed E-state index contributed by atoms with van der Waals surface area (Å²) in [5, 5.41) is 7.74. The molecule has 1 N–H and O–H groups in total. The standard InChI is InChI=1S/C23H23ClN4O3/c1-15-20(16(2)28(26-15)17-7-4-3-5-8-17)22(29)23(30)25-19-10-6-9-18(24)21(19)27-11-13-31-14-12-27/h3-10H,11-14H2,1-2H3,(H,25,30). The summed E-state index contributed by atoms with van der Waals surface area (Å²) in [6.45, 7) is 5.98. The zero-order valence-electron chi connectivity index (χ0n) is 17.4. The van der Waals surface area contributed by atoms with Gasteiger partial charge >= 0.3 is 0 Å².